The van der Waals surface area contributed by atoms with Gasteiger partial charge in [-0.25, -0.2) is 0 Å². The van der Waals surface area contributed by atoms with E-state index in [0.717, 1.165) is 30.9 Å². The molecule has 2 aromatic carbocycles. The summed E-state index contributed by atoms with van der Waals surface area (Å²) in [6, 6.07) is 16.0. The molecule has 1 amide bonds. The first-order chi connectivity index (χ1) is 12.7. The Balaban J connectivity index is 0.00000261. The number of piperidine rings is 1. The molecule has 0 spiro atoms. The molecule has 27 heavy (non-hydrogen) atoms. The van der Waals surface area contributed by atoms with Gasteiger partial charge in [0.2, 0.25) is 5.91 Å². The van der Waals surface area contributed by atoms with Crippen LogP contribution in [0.3, 0.4) is 0 Å². The van der Waals surface area contributed by atoms with Gasteiger partial charge in [-0.15, -0.1) is 12.4 Å². The number of nitrogens with one attached hydrogen (secondary N) is 2. The quantitative estimate of drug-likeness (QED) is 0.761. The van der Waals surface area contributed by atoms with Crippen molar-refractivity contribution in [1.29, 1.82) is 0 Å². The van der Waals surface area contributed by atoms with Gasteiger partial charge in [-0.1, -0.05) is 36.4 Å². The number of carbonyl (C=O) groups excluding carboxylic acids is 1. The topological polar surface area (TPSA) is 50.4 Å². The Morgan fingerprint density at radius 3 is 2.85 bits per heavy atom. The number of halogens is 1. The van der Waals surface area contributed by atoms with Gasteiger partial charge < -0.3 is 15.4 Å². The van der Waals surface area contributed by atoms with Crippen LogP contribution in [-0.4, -0.2) is 25.5 Å². The zero-order chi connectivity index (χ0) is 18.2. The summed E-state index contributed by atoms with van der Waals surface area (Å²) in [5.74, 6) is 1.43. The average molecular weight is 389 g/mol. The first-order valence-corrected chi connectivity index (χ1v) is 9.44. The van der Waals surface area contributed by atoms with Gasteiger partial charge in [0.1, 0.15) is 12.4 Å². The summed E-state index contributed by atoms with van der Waals surface area (Å²) in [5, 5.41) is 6.45. The molecule has 1 aliphatic heterocycles. The third-order valence-corrected chi connectivity index (χ3v) is 4.91. The Bertz CT molecular complexity index is 730. The predicted octanol–water partition coefficient (Wildman–Crippen LogP) is 3.65. The van der Waals surface area contributed by atoms with E-state index in [9.17, 15) is 4.79 Å². The molecule has 0 aliphatic carbocycles. The lowest BCUT2D eigenvalue weighted by Gasteiger charge is -2.22. The Morgan fingerprint density at radius 2 is 2.07 bits per heavy atom. The van der Waals surface area contributed by atoms with Crippen molar-refractivity contribution in [2.24, 2.45) is 5.92 Å². The van der Waals surface area contributed by atoms with Gasteiger partial charge in [0.25, 0.3) is 0 Å². The first kappa shape index (κ1) is 21.3. The molecule has 0 bridgehead atoms. The maximum Gasteiger partial charge on any atom is 0.224 e. The second kappa shape index (κ2) is 11.0. The summed E-state index contributed by atoms with van der Waals surface area (Å²) >= 11 is 0. The molecule has 2 aromatic rings. The van der Waals surface area contributed by atoms with Crippen molar-refractivity contribution in [1.82, 2.24) is 10.6 Å². The van der Waals surface area contributed by atoms with Crippen LogP contribution in [-0.2, 0) is 17.8 Å². The fourth-order valence-electron chi connectivity index (χ4n) is 3.28. The molecule has 1 saturated heterocycles. The van der Waals surface area contributed by atoms with Crippen molar-refractivity contribution >= 4 is 18.3 Å². The largest absolute Gasteiger partial charge is 0.489 e. The highest BCUT2D eigenvalue weighted by atomic mass is 35.5. The zero-order valence-corrected chi connectivity index (χ0v) is 16.7. The highest BCUT2D eigenvalue weighted by molar-refractivity contribution is 5.85. The summed E-state index contributed by atoms with van der Waals surface area (Å²) in [6.45, 7) is 5.48. The molecule has 0 radical (unpaired) electrons. The SMILES string of the molecule is Cc1ccccc1COc1cccc(CC(=O)NCC2CCCNC2)c1.Cl. The summed E-state index contributed by atoms with van der Waals surface area (Å²) in [4.78, 5) is 12.2. The van der Waals surface area contributed by atoms with Crippen LogP contribution >= 0.6 is 12.4 Å². The number of aryl methyl sites for hydroxylation is 1. The number of hydrogen-bond donors (Lipinski definition) is 2. The van der Waals surface area contributed by atoms with E-state index in [2.05, 4.69) is 29.7 Å². The summed E-state index contributed by atoms with van der Waals surface area (Å²) in [7, 11) is 0. The third-order valence-electron chi connectivity index (χ3n) is 4.91. The van der Waals surface area contributed by atoms with Crippen LogP contribution in [0.4, 0.5) is 0 Å². The molecule has 4 nitrogen and oxygen atoms in total. The molecule has 1 atom stereocenters. The number of benzene rings is 2. The molecule has 0 saturated carbocycles. The van der Waals surface area contributed by atoms with Crippen molar-refractivity contribution in [2.75, 3.05) is 19.6 Å². The lowest BCUT2D eigenvalue weighted by molar-refractivity contribution is -0.120. The van der Waals surface area contributed by atoms with Gasteiger partial charge in [0, 0.05) is 6.54 Å². The van der Waals surface area contributed by atoms with Gasteiger partial charge in [-0.3, -0.25) is 4.79 Å². The number of carbonyl (C=O) groups is 1. The highest BCUT2D eigenvalue weighted by Gasteiger charge is 2.14. The maximum absolute atomic E-state index is 12.2. The molecular formula is C22H29ClN2O2. The van der Waals surface area contributed by atoms with Gasteiger partial charge in [0.05, 0.1) is 6.42 Å². The lowest BCUT2D eigenvalue weighted by Crippen LogP contribution is -2.38. The van der Waals surface area contributed by atoms with Crippen molar-refractivity contribution in [3.05, 3.63) is 65.2 Å². The van der Waals surface area contributed by atoms with E-state index >= 15 is 0 Å². The standard InChI is InChI=1S/C22H28N2O2.ClH/c1-17-6-2-3-9-20(17)16-26-21-10-4-7-18(12-21)13-22(25)24-15-19-8-5-11-23-14-19;/h2-4,6-7,9-10,12,19,23H,5,8,11,13-16H2,1H3,(H,24,25);1H. The van der Waals surface area contributed by atoms with E-state index in [-0.39, 0.29) is 18.3 Å². The monoisotopic (exact) mass is 388 g/mol. The molecule has 0 aromatic heterocycles. The Kier molecular flexibility index (Phi) is 8.62. The minimum Gasteiger partial charge on any atom is -0.489 e. The van der Waals surface area contributed by atoms with Gasteiger partial charge >= 0.3 is 0 Å². The number of amides is 1. The Hall–Kier alpha value is -2.04. The van der Waals surface area contributed by atoms with Crippen LogP contribution in [0.2, 0.25) is 0 Å². The van der Waals surface area contributed by atoms with E-state index in [1.54, 1.807) is 0 Å². The minimum atomic E-state index is 0. The summed E-state index contributed by atoms with van der Waals surface area (Å²) in [6.07, 6.45) is 2.78. The molecule has 2 N–H and O–H groups in total. The zero-order valence-electron chi connectivity index (χ0n) is 15.9. The van der Waals surface area contributed by atoms with Crippen molar-refractivity contribution in [3.63, 3.8) is 0 Å². The van der Waals surface area contributed by atoms with Crippen LogP contribution in [0, 0.1) is 12.8 Å². The second-order valence-corrected chi connectivity index (χ2v) is 7.06. The van der Waals surface area contributed by atoms with Crippen LogP contribution in [0.1, 0.15) is 29.5 Å². The van der Waals surface area contributed by atoms with Crippen LogP contribution in [0.25, 0.3) is 0 Å². The van der Waals surface area contributed by atoms with E-state index in [0.29, 0.717) is 18.9 Å². The molecule has 146 valence electrons. The summed E-state index contributed by atoms with van der Waals surface area (Å²) in [5.41, 5.74) is 3.38. The fraction of sp³-hybridized carbons (Fsp3) is 0.409. The number of rotatable bonds is 7. The molecule has 5 heteroatoms. The average Bonchev–Trinajstić information content (AvgIpc) is 2.67. The molecule has 1 fully saturated rings. The Labute approximate surface area is 168 Å². The lowest BCUT2D eigenvalue weighted by atomic mass is 9.99. The van der Waals surface area contributed by atoms with Crippen molar-refractivity contribution < 1.29 is 9.53 Å². The van der Waals surface area contributed by atoms with Crippen molar-refractivity contribution in [3.8, 4) is 5.75 Å². The van der Waals surface area contributed by atoms with E-state index in [1.807, 2.05) is 36.4 Å². The number of ether oxygens (including phenoxy) is 1. The van der Waals surface area contributed by atoms with Crippen molar-refractivity contribution in [2.45, 2.75) is 32.8 Å². The maximum atomic E-state index is 12.2. The van der Waals surface area contributed by atoms with E-state index < -0.39 is 0 Å². The molecule has 1 unspecified atom stereocenters. The number of hydrogen-bond acceptors (Lipinski definition) is 3. The summed E-state index contributed by atoms with van der Waals surface area (Å²) < 4.78 is 5.91. The minimum absolute atomic E-state index is 0. The molecular weight excluding hydrogens is 360 g/mol. The van der Waals surface area contributed by atoms with E-state index in [4.69, 9.17) is 4.74 Å². The second-order valence-electron chi connectivity index (χ2n) is 7.06. The normalized spacial score (nSPS) is 16.3. The van der Waals surface area contributed by atoms with Crippen LogP contribution in [0.5, 0.6) is 5.75 Å². The third kappa shape index (κ3) is 6.89. The van der Waals surface area contributed by atoms with Crippen LogP contribution < -0.4 is 15.4 Å². The first-order valence-electron chi connectivity index (χ1n) is 9.44. The van der Waals surface area contributed by atoms with Gasteiger partial charge in [-0.2, -0.15) is 0 Å². The molecule has 1 heterocycles. The fourth-order valence-corrected chi connectivity index (χ4v) is 3.28. The van der Waals surface area contributed by atoms with E-state index in [1.165, 1.54) is 24.0 Å². The Morgan fingerprint density at radius 1 is 1.22 bits per heavy atom. The molecule has 1 aliphatic rings. The molecule has 3 rings (SSSR count). The van der Waals surface area contributed by atoms with Crippen LogP contribution in [0.15, 0.2) is 48.5 Å². The predicted molar refractivity (Wildman–Crippen MR) is 112 cm³/mol. The highest BCUT2D eigenvalue weighted by Crippen LogP contribution is 2.17. The van der Waals surface area contributed by atoms with Gasteiger partial charge in [0.15, 0.2) is 0 Å². The smallest absolute Gasteiger partial charge is 0.224 e. The van der Waals surface area contributed by atoms with Gasteiger partial charge in [-0.05, 0) is 67.6 Å².